The van der Waals surface area contributed by atoms with Crippen LogP contribution in [0.2, 0.25) is 0 Å². The first-order valence-electron chi connectivity index (χ1n) is 3.90. The average molecular weight is 211 g/mol. The molecule has 0 aromatic heterocycles. The summed E-state index contributed by atoms with van der Waals surface area (Å²) in [5.74, 6) is -0.276. The van der Waals surface area contributed by atoms with E-state index in [4.69, 9.17) is 0 Å². The molecule has 1 aromatic rings. The van der Waals surface area contributed by atoms with E-state index >= 15 is 0 Å². The summed E-state index contributed by atoms with van der Waals surface area (Å²) >= 11 is 1.33. The van der Waals surface area contributed by atoms with E-state index in [2.05, 4.69) is 0 Å². The van der Waals surface area contributed by atoms with Crippen LogP contribution in [0.4, 0.5) is 5.69 Å². The standard InChI is InChI=1S/C9H9NO3S/c1-6(11)9-7(10(12)13)4-3-5-8(9)14-2/h3-5H,1-2H3. The number of nitro benzene ring substituents is 1. The van der Waals surface area contributed by atoms with Crippen LogP contribution in [0.3, 0.4) is 0 Å². The fraction of sp³-hybridized carbons (Fsp3) is 0.222. The van der Waals surface area contributed by atoms with E-state index in [1.165, 1.54) is 24.8 Å². The molecule has 0 N–H and O–H groups in total. The number of ketones is 1. The van der Waals surface area contributed by atoms with Gasteiger partial charge in [-0.05, 0) is 19.2 Å². The van der Waals surface area contributed by atoms with Crippen molar-refractivity contribution in [3.63, 3.8) is 0 Å². The number of nitro groups is 1. The molecule has 0 atom stereocenters. The molecule has 0 fully saturated rings. The molecule has 4 nitrogen and oxygen atoms in total. The van der Waals surface area contributed by atoms with Crippen molar-refractivity contribution in [2.75, 3.05) is 6.26 Å². The van der Waals surface area contributed by atoms with Crippen molar-refractivity contribution in [1.82, 2.24) is 0 Å². The van der Waals surface area contributed by atoms with Gasteiger partial charge in [0.2, 0.25) is 0 Å². The highest BCUT2D eigenvalue weighted by Gasteiger charge is 2.20. The zero-order chi connectivity index (χ0) is 10.7. The zero-order valence-corrected chi connectivity index (χ0v) is 8.63. The molecule has 1 aromatic carbocycles. The molecule has 0 saturated heterocycles. The third-order valence-electron chi connectivity index (χ3n) is 1.77. The minimum Gasteiger partial charge on any atom is -0.294 e. The van der Waals surface area contributed by atoms with Gasteiger partial charge in [0.1, 0.15) is 5.56 Å². The van der Waals surface area contributed by atoms with E-state index in [9.17, 15) is 14.9 Å². The van der Waals surface area contributed by atoms with Crippen molar-refractivity contribution in [2.24, 2.45) is 0 Å². The number of Topliss-reactive ketones (excluding diaryl/α,β-unsaturated/α-hetero) is 1. The van der Waals surface area contributed by atoms with Gasteiger partial charge in [0.15, 0.2) is 5.78 Å². The number of carbonyl (C=O) groups excluding carboxylic acids is 1. The Morgan fingerprint density at radius 2 is 2.14 bits per heavy atom. The fourth-order valence-electron chi connectivity index (χ4n) is 1.20. The molecule has 1 rings (SSSR count). The summed E-state index contributed by atoms with van der Waals surface area (Å²) in [5.41, 5.74) is 0.0781. The normalized spacial score (nSPS) is 9.86. The summed E-state index contributed by atoms with van der Waals surface area (Å²) in [5, 5.41) is 10.6. The molecule has 0 aliphatic heterocycles. The maximum Gasteiger partial charge on any atom is 0.281 e. The summed E-state index contributed by atoms with van der Waals surface area (Å²) < 4.78 is 0. The van der Waals surface area contributed by atoms with E-state index in [0.717, 1.165) is 0 Å². The van der Waals surface area contributed by atoms with Gasteiger partial charge < -0.3 is 0 Å². The highest BCUT2D eigenvalue weighted by Crippen LogP contribution is 2.28. The average Bonchev–Trinajstić information content (AvgIpc) is 2.16. The van der Waals surface area contributed by atoms with E-state index < -0.39 is 4.92 Å². The predicted octanol–water partition coefficient (Wildman–Crippen LogP) is 2.52. The molecule has 14 heavy (non-hydrogen) atoms. The molecule has 0 heterocycles. The molecule has 0 radical (unpaired) electrons. The molecule has 0 amide bonds. The maximum atomic E-state index is 11.2. The Morgan fingerprint density at radius 1 is 1.50 bits per heavy atom. The lowest BCUT2D eigenvalue weighted by molar-refractivity contribution is -0.385. The number of hydrogen-bond acceptors (Lipinski definition) is 4. The first-order chi connectivity index (χ1) is 6.57. The Bertz CT molecular complexity index is 390. The Hall–Kier alpha value is -1.36. The van der Waals surface area contributed by atoms with Crippen molar-refractivity contribution < 1.29 is 9.72 Å². The lowest BCUT2D eigenvalue weighted by atomic mass is 10.1. The second-order valence-corrected chi connectivity index (χ2v) is 3.52. The molecule has 0 unspecified atom stereocenters. The van der Waals surface area contributed by atoms with Gasteiger partial charge in [-0.1, -0.05) is 6.07 Å². The summed E-state index contributed by atoms with van der Waals surface area (Å²) in [6.07, 6.45) is 1.78. The van der Waals surface area contributed by atoms with Crippen LogP contribution in [-0.4, -0.2) is 17.0 Å². The Labute approximate surface area is 85.5 Å². The summed E-state index contributed by atoms with van der Waals surface area (Å²) in [4.78, 5) is 22.0. The molecule has 5 heteroatoms. The molecule has 0 saturated carbocycles. The SMILES string of the molecule is CSc1cccc([N+](=O)[O-])c1C(C)=O. The third kappa shape index (κ3) is 1.93. The van der Waals surface area contributed by atoms with Gasteiger partial charge in [0.25, 0.3) is 5.69 Å². The van der Waals surface area contributed by atoms with Gasteiger partial charge in [-0.2, -0.15) is 0 Å². The quantitative estimate of drug-likeness (QED) is 0.333. The summed E-state index contributed by atoms with van der Waals surface area (Å²) in [6, 6.07) is 4.63. The minimum atomic E-state index is -0.531. The largest absolute Gasteiger partial charge is 0.294 e. The number of rotatable bonds is 3. The van der Waals surface area contributed by atoms with Gasteiger partial charge in [0, 0.05) is 11.0 Å². The van der Waals surface area contributed by atoms with Gasteiger partial charge in [-0.15, -0.1) is 11.8 Å². The van der Waals surface area contributed by atoms with E-state index in [1.807, 2.05) is 0 Å². The Balaban J connectivity index is 3.43. The van der Waals surface area contributed by atoms with Crippen molar-refractivity contribution in [3.05, 3.63) is 33.9 Å². The molecule has 0 spiro atoms. The molecule has 0 bridgehead atoms. The second kappa shape index (κ2) is 4.23. The lowest BCUT2D eigenvalue weighted by Gasteiger charge is -2.03. The van der Waals surface area contributed by atoms with E-state index in [0.29, 0.717) is 4.90 Å². The molecular weight excluding hydrogens is 202 g/mol. The monoisotopic (exact) mass is 211 g/mol. The number of carbonyl (C=O) groups is 1. The van der Waals surface area contributed by atoms with Crippen molar-refractivity contribution >= 4 is 23.2 Å². The highest BCUT2D eigenvalue weighted by atomic mass is 32.2. The molecule has 0 aliphatic carbocycles. The van der Waals surface area contributed by atoms with Gasteiger partial charge in [-0.25, -0.2) is 0 Å². The van der Waals surface area contributed by atoms with Crippen LogP contribution >= 0.6 is 11.8 Å². The number of nitrogens with zero attached hydrogens (tertiary/aromatic N) is 1. The molecular formula is C9H9NO3S. The Kier molecular flexibility index (Phi) is 3.24. The molecule has 74 valence electrons. The van der Waals surface area contributed by atoms with Gasteiger partial charge in [0.05, 0.1) is 4.92 Å². The fourth-order valence-corrected chi connectivity index (χ4v) is 1.86. The highest BCUT2D eigenvalue weighted by molar-refractivity contribution is 7.98. The topological polar surface area (TPSA) is 60.2 Å². The number of benzene rings is 1. The van der Waals surface area contributed by atoms with Crippen LogP contribution in [0.15, 0.2) is 23.1 Å². The third-order valence-corrected chi connectivity index (χ3v) is 2.55. The van der Waals surface area contributed by atoms with E-state index in [-0.39, 0.29) is 17.0 Å². The predicted molar refractivity (Wildman–Crippen MR) is 54.9 cm³/mol. The van der Waals surface area contributed by atoms with Crippen LogP contribution in [0.1, 0.15) is 17.3 Å². The minimum absolute atomic E-state index is 0.121. The first kappa shape index (κ1) is 10.7. The van der Waals surface area contributed by atoms with Crippen LogP contribution in [-0.2, 0) is 0 Å². The van der Waals surface area contributed by atoms with Crippen LogP contribution in [0, 0.1) is 10.1 Å². The van der Waals surface area contributed by atoms with Crippen molar-refractivity contribution in [2.45, 2.75) is 11.8 Å². The lowest BCUT2D eigenvalue weighted by Crippen LogP contribution is -2.01. The first-order valence-corrected chi connectivity index (χ1v) is 5.12. The zero-order valence-electron chi connectivity index (χ0n) is 7.81. The summed E-state index contributed by atoms with van der Waals surface area (Å²) in [6.45, 7) is 1.34. The van der Waals surface area contributed by atoms with Crippen LogP contribution < -0.4 is 0 Å². The smallest absolute Gasteiger partial charge is 0.281 e. The molecule has 0 aliphatic rings. The maximum absolute atomic E-state index is 11.2. The van der Waals surface area contributed by atoms with Crippen molar-refractivity contribution in [1.29, 1.82) is 0 Å². The second-order valence-electron chi connectivity index (χ2n) is 2.67. The van der Waals surface area contributed by atoms with Gasteiger partial charge >= 0.3 is 0 Å². The van der Waals surface area contributed by atoms with Crippen molar-refractivity contribution in [3.8, 4) is 0 Å². The van der Waals surface area contributed by atoms with Crippen LogP contribution in [0.5, 0.6) is 0 Å². The van der Waals surface area contributed by atoms with Crippen LogP contribution in [0.25, 0.3) is 0 Å². The van der Waals surface area contributed by atoms with E-state index in [1.54, 1.807) is 18.4 Å². The number of hydrogen-bond donors (Lipinski definition) is 0. The summed E-state index contributed by atoms with van der Waals surface area (Å²) in [7, 11) is 0. The Morgan fingerprint density at radius 3 is 2.57 bits per heavy atom. The number of thioether (sulfide) groups is 1. The van der Waals surface area contributed by atoms with Gasteiger partial charge in [-0.3, -0.25) is 14.9 Å².